The van der Waals surface area contributed by atoms with E-state index in [1.54, 1.807) is 18.2 Å². The predicted molar refractivity (Wildman–Crippen MR) is 61.0 cm³/mol. The minimum atomic E-state index is -3.34. The lowest BCUT2D eigenvalue weighted by atomic mass is 10.2. The Hall–Kier alpha value is -2.09. The summed E-state index contributed by atoms with van der Waals surface area (Å²) in [7, 11) is -3.34. The van der Waals surface area contributed by atoms with Crippen molar-refractivity contribution in [2.45, 2.75) is 0 Å². The highest BCUT2D eigenvalue weighted by Gasteiger charge is 2.06. The summed E-state index contributed by atoms with van der Waals surface area (Å²) in [5.41, 5.74) is 0.929. The highest BCUT2D eigenvalue weighted by atomic mass is 32.2. The molecule has 0 fully saturated rings. The van der Waals surface area contributed by atoms with E-state index in [0.29, 0.717) is 11.3 Å². The van der Waals surface area contributed by atoms with E-state index in [4.69, 9.17) is 0 Å². The second kappa shape index (κ2) is 4.06. The van der Waals surface area contributed by atoms with Crippen LogP contribution in [0.1, 0.15) is 0 Å². The van der Waals surface area contributed by atoms with Crippen LogP contribution in [0.3, 0.4) is 0 Å². The maximum Gasteiger partial charge on any atom is 0.439 e. The van der Waals surface area contributed by atoms with Crippen LogP contribution >= 0.6 is 0 Å². The van der Waals surface area contributed by atoms with Gasteiger partial charge in [0.2, 0.25) is 10.0 Å². The number of aromatic nitrogens is 2. The molecule has 1 aromatic carbocycles. The van der Waals surface area contributed by atoms with Crippen molar-refractivity contribution in [3.63, 3.8) is 0 Å². The molecule has 0 aliphatic rings. The van der Waals surface area contributed by atoms with Crippen molar-refractivity contribution in [1.82, 2.24) is 10.1 Å². The van der Waals surface area contributed by atoms with E-state index >= 15 is 0 Å². The average molecular weight is 255 g/mol. The molecule has 0 spiro atoms. The van der Waals surface area contributed by atoms with Crippen molar-refractivity contribution in [3.05, 3.63) is 34.8 Å². The van der Waals surface area contributed by atoms with Crippen LogP contribution in [0.25, 0.3) is 11.4 Å². The van der Waals surface area contributed by atoms with Crippen LogP contribution in [0.4, 0.5) is 5.69 Å². The number of nitrogens with one attached hydrogen (secondary N) is 2. The van der Waals surface area contributed by atoms with Gasteiger partial charge < -0.3 is 0 Å². The van der Waals surface area contributed by atoms with Gasteiger partial charge in [-0.3, -0.25) is 14.2 Å². The smallest absolute Gasteiger partial charge is 0.296 e. The zero-order chi connectivity index (χ0) is 12.5. The molecule has 2 aromatic rings. The first kappa shape index (κ1) is 11.4. The summed E-state index contributed by atoms with van der Waals surface area (Å²) in [5, 5.41) is 3.50. The summed E-state index contributed by atoms with van der Waals surface area (Å²) in [4.78, 5) is 13.2. The zero-order valence-corrected chi connectivity index (χ0v) is 9.61. The van der Waals surface area contributed by atoms with Crippen molar-refractivity contribution in [2.24, 2.45) is 0 Å². The van der Waals surface area contributed by atoms with E-state index in [1.807, 2.05) is 0 Å². The van der Waals surface area contributed by atoms with E-state index in [-0.39, 0.29) is 5.82 Å². The van der Waals surface area contributed by atoms with Crippen LogP contribution in [-0.2, 0) is 10.0 Å². The molecule has 2 N–H and O–H groups in total. The Morgan fingerprint density at radius 1 is 1.41 bits per heavy atom. The minimum Gasteiger partial charge on any atom is -0.296 e. The van der Waals surface area contributed by atoms with Crippen molar-refractivity contribution < 1.29 is 12.9 Å². The van der Waals surface area contributed by atoms with Crippen LogP contribution in [0, 0.1) is 0 Å². The molecule has 0 amide bonds. The predicted octanol–water partition coefficient (Wildman–Crippen LogP) is 0.401. The largest absolute Gasteiger partial charge is 0.439 e. The van der Waals surface area contributed by atoms with Crippen LogP contribution in [0.15, 0.2) is 33.6 Å². The second-order valence-electron chi connectivity index (χ2n) is 3.40. The van der Waals surface area contributed by atoms with Gasteiger partial charge in [0.05, 0.1) is 6.26 Å². The fraction of sp³-hybridized carbons (Fsp3) is 0.111. The normalized spacial score (nSPS) is 11.4. The summed E-state index contributed by atoms with van der Waals surface area (Å²) >= 11 is 0. The SMILES string of the molecule is CS(=O)(=O)Nc1cccc(-c2noc(=O)[nH]2)c1. The first-order valence-electron chi connectivity index (χ1n) is 4.58. The number of H-pyrrole nitrogens is 1. The average Bonchev–Trinajstić information content (AvgIpc) is 2.63. The number of hydrogen-bond acceptors (Lipinski definition) is 5. The number of hydrogen-bond donors (Lipinski definition) is 2. The van der Waals surface area contributed by atoms with Gasteiger partial charge in [0.1, 0.15) is 0 Å². The van der Waals surface area contributed by atoms with Crippen LogP contribution in [0.2, 0.25) is 0 Å². The van der Waals surface area contributed by atoms with Crippen molar-refractivity contribution in [3.8, 4) is 11.4 Å². The summed E-state index contributed by atoms with van der Waals surface area (Å²) in [5.74, 6) is -0.423. The lowest BCUT2D eigenvalue weighted by Crippen LogP contribution is -2.09. The van der Waals surface area contributed by atoms with E-state index in [0.717, 1.165) is 6.26 Å². The van der Waals surface area contributed by atoms with Gasteiger partial charge in [0.25, 0.3) is 0 Å². The highest BCUT2D eigenvalue weighted by molar-refractivity contribution is 7.92. The molecule has 0 atom stereocenters. The Morgan fingerprint density at radius 3 is 2.76 bits per heavy atom. The number of sulfonamides is 1. The molecule has 1 heterocycles. The first-order chi connectivity index (χ1) is 7.94. The molecule has 0 unspecified atom stereocenters. The van der Waals surface area contributed by atoms with Gasteiger partial charge in [-0.2, -0.15) is 0 Å². The van der Waals surface area contributed by atoms with Gasteiger partial charge in [-0.05, 0) is 12.1 Å². The van der Waals surface area contributed by atoms with Gasteiger partial charge in [0.15, 0.2) is 5.82 Å². The maximum absolute atomic E-state index is 11.0. The van der Waals surface area contributed by atoms with Crippen molar-refractivity contribution in [2.75, 3.05) is 11.0 Å². The molecule has 90 valence electrons. The number of benzene rings is 1. The van der Waals surface area contributed by atoms with Crippen molar-refractivity contribution in [1.29, 1.82) is 0 Å². The third-order valence-corrected chi connectivity index (χ3v) is 2.49. The zero-order valence-electron chi connectivity index (χ0n) is 8.80. The van der Waals surface area contributed by atoms with Gasteiger partial charge >= 0.3 is 5.76 Å². The second-order valence-corrected chi connectivity index (χ2v) is 5.15. The van der Waals surface area contributed by atoms with Gasteiger partial charge in [-0.25, -0.2) is 13.2 Å². The fourth-order valence-corrected chi connectivity index (χ4v) is 1.85. The molecule has 0 saturated carbocycles. The third kappa shape index (κ3) is 2.94. The maximum atomic E-state index is 11.0. The van der Waals surface area contributed by atoms with Crippen LogP contribution in [-0.4, -0.2) is 24.8 Å². The molecule has 0 bridgehead atoms. The molecular weight excluding hydrogens is 246 g/mol. The molecule has 7 nitrogen and oxygen atoms in total. The number of aromatic amines is 1. The molecule has 2 rings (SSSR count). The Balaban J connectivity index is 2.38. The van der Waals surface area contributed by atoms with Crippen LogP contribution < -0.4 is 10.5 Å². The Bertz CT molecular complexity index is 686. The lowest BCUT2D eigenvalue weighted by Gasteiger charge is -2.04. The van der Waals surface area contributed by atoms with Gasteiger partial charge in [-0.15, -0.1) is 0 Å². The minimum absolute atomic E-state index is 0.243. The molecule has 0 saturated heterocycles. The lowest BCUT2D eigenvalue weighted by molar-refractivity contribution is 0.388. The summed E-state index contributed by atoms with van der Waals surface area (Å²) in [6, 6.07) is 6.43. The first-order valence-corrected chi connectivity index (χ1v) is 6.47. The van der Waals surface area contributed by atoms with Gasteiger partial charge in [-0.1, -0.05) is 17.3 Å². The summed E-state index contributed by atoms with van der Waals surface area (Å²) in [6.45, 7) is 0. The van der Waals surface area contributed by atoms with Crippen LogP contribution in [0.5, 0.6) is 0 Å². The van der Waals surface area contributed by atoms with E-state index < -0.39 is 15.8 Å². The van der Waals surface area contributed by atoms with E-state index in [9.17, 15) is 13.2 Å². The quantitative estimate of drug-likeness (QED) is 0.826. The summed E-state index contributed by atoms with van der Waals surface area (Å²) < 4.78 is 28.8. The molecular formula is C9H9N3O4S. The Morgan fingerprint density at radius 2 is 2.18 bits per heavy atom. The molecule has 0 radical (unpaired) electrons. The number of rotatable bonds is 3. The van der Waals surface area contributed by atoms with Crippen molar-refractivity contribution >= 4 is 15.7 Å². The monoisotopic (exact) mass is 255 g/mol. The number of nitrogens with zero attached hydrogens (tertiary/aromatic N) is 1. The highest BCUT2D eigenvalue weighted by Crippen LogP contribution is 2.18. The third-order valence-electron chi connectivity index (χ3n) is 1.88. The molecule has 0 aliphatic heterocycles. The molecule has 8 heteroatoms. The molecule has 1 aromatic heterocycles. The summed E-state index contributed by atoms with van der Waals surface area (Å²) in [6.07, 6.45) is 1.05. The van der Waals surface area contributed by atoms with E-state index in [1.165, 1.54) is 6.07 Å². The number of anilines is 1. The Labute approximate surface area is 96.5 Å². The van der Waals surface area contributed by atoms with Gasteiger partial charge in [0, 0.05) is 11.3 Å². The molecule has 0 aliphatic carbocycles. The topological polar surface area (TPSA) is 105 Å². The van der Waals surface area contributed by atoms with E-state index in [2.05, 4.69) is 19.4 Å². The fourth-order valence-electron chi connectivity index (χ4n) is 1.30. The molecule has 17 heavy (non-hydrogen) atoms. The Kier molecular flexibility index (Phi) is 2.72. The standard InChI is InChI=1S/C9H9N3O4S/c1-17(14,15)12-7-4-2-3-6(5-7)8-10-9(13)16-11-8/h2-5,12H,1H3,(H,10,11,13).